The van der Waals surface area contributed by atoms with Gasteiger partial charge in [-0.1, -0.05) is 24.3 Å². The van der Waals surface area contributed by atoms with Crippen molar-refractivity contribution in [2.24, 2.45) is 5.73 Å². The number of rotatable bonds is 3. The van der Waals surface area contributed by atoms with Gasteiger partial charge in [-0.05, 0) is 25.0 Å². The monoisotopic (exact) mass is 234 g/mol. The molecule has 0 unspecified atom stereocenters. The van der Waals surface area contributed by atoms with Crippen LogP contribution >= 0.6 is 0 Å². The lowest BCUT2D eigenvalue weighted by Gasteiger charge is -2.35. The van der Waals surface area contributed by atoms with Crippen molar-refractivity contribution in [2.75, 3.05) is 13.1 Å². The van der Waals surface area contributed by atoms with Crippen LogP contribution in [0, 0.1) is 0 Å². The van der Waals surface area contributed by atoms with Gasteiger partial charge in [0, 0.05) is 26.2 Å². The molecule has 17 heavy (non-hydrogen) atoms. The van der Waals surface area contributed by atoms with Gasteiger partial charge in [-0.25, -0.2) is 0 Å². The minimum absolute atomic E-state index is 0.323. The molecule has 0 aliphatic carbocycles. The SMILES string of the molecule is C[C@@H]1CN(Cc2ccccc2CN)C[C@H](C)O1. The molecule has 0 saturated carbocycles. The van der Waals surface area contributed by atoms with Crippen LogP contribution < -0.4 is 5.73 Å². The van der Waals surface area contributed by atoms with Gasteiger partial charge in [-0.15, -0.1) is 0 Å². The minimum Gasteiger partial charge on any atom is -0.373 e. The second kappa shape index (κ2) is 5.63. The first-order valence-corrected chi connectivity index (χ1v) is 6.33. The molecule has 1 aliphatic rings. The van der Waals surface area contributed by atoms with E-state index in [-0.39, 0.29) is 0 Å². The Hall–Kier alpha value is -0.900. The maximum atomic E-state index is 5.77. The van der Waals surface area contributed by atoms with Crippen LogP contribution in [0.15, 0.2) is 24.3 Å². The lowest BCUT2D eigenvalue weighted by Crippen LogP contribution is -2.44. The van der Waals surface area contributed by atoms with Gasteiger partial charge in [0.15, 0.2) is 0 Å². The van der Waals surface area contributed by atoms with E-state index in [1.807, 2.05) is 0 Å². The van der Waals surface area contributed by atoms with E-state index in [0.29, 0.717) is 18.8 Å². The van der Waals surface area contributed by atoms with Gasteiger partial charge in [0.2, 0.25) is 0 Å². The van der Waals surface area contributed by atoms with Crippen LogP contribution in [-0.2, 0) is 17.8 Å². The molecule has 1 fully saturated rings. The maximum absolute atomic E-state index is 5.77. The third-order valence-corrected chi connectivity index (χ3v) is 3.23. The lowest BCUT2D eigenvalue weighted by atomic mass is 10.1. The largest absolute Gasteiger partial charge is 0.373 e. The number of benzene rings is 1. The van der Waals surface area contributed by atoms with Crippen molar-refractivity contribution in [2.45, 2.75) is 39.1 Å². The summed E-state index contributed by atoms with van der Waals surface area (Å²) in [6.45, 7) is 7.87. The predicted octanol–water partition coefficient (Wildman–Crippen LogP) is 1.75. The van der Waals surface area contributed by atoms with Crippen LogP contribution in [0.5, 0.6) is 0 Å². The fourth-order valence-electron chi connectivity index (χ4n) is 2.57. The Kier molecular flexibility index (Phi) is 4.15. The summed E-state index contributed by atoms with van der Waals surface area (Å²) in [5.74, 6) is 0. The number of hydrogen-bond donors (Lipinski definition) is 1. The molecule has 1 aliphatic heterocycles. The first kappa shape index (κ1) is 12.6. The van der Waals surface area contributed by atoms with E-state index >= 15 is 0 Å². The van der Waals surface area contributed by atoms with Crippen LogP contribution in [0.3, 0.4) is 0 Å². The normalized spacial score (nSPS) is 26.1. The molecule has 0 radical (unpaired) electrons. The average molecular weight is 234 g/mol. The predicted molar refractivity (Wildman–Crippen MR) is 69.6 cm³/mol. The van der Waals surface area contributed by atoms with Crippen LogP contribution in [0.4, 0.5) is 0 Å². The zero-order valence-electron chi connectivity index (χ0n) is 10.7. The van der Waals surface area contributed by atoms with E-state index in [1.54, 1.807) is 0 Å². The number of morpholine rings is 1. The Balaban J connectivity index is 2.04. The van der Waals surface area contributed by atoms with Crippen molar-refractivity contribution in [3.05, 3.63) is 35.4 Å². The summed E-state index contributed by atoms with van der Waals surface area (Å²) >= 11 is 0. The molecule has 94 valence electrons. The Morgan fingerprint density at radius 2 is 1.76 bits per heavy atom. The van der Waals surface area contributed by atoms with Gasteiger partial charge >= 0.3 is 0 Å². The van der Waals surface area contributed by atoms with Gasteiger partial charge in [-0.2, -0.15) is 0 Å². The van der Waals surface area contributed by atoms with Gasteiger partial charge in [0.1, 0.15) is 0 Å². The average Bonchev–Trinajstić information content (AvgIpc) is 2.28. The van der Waals surface area contributed by atoms with Crippen molar-refractivity contribution in [3.8, 4) is 0 Å². The zero-order chi connectivity index (χ0) is 12.3. The highest BCUT2D eigenvalue weighted by atomic mass is 16.5. The number of nitrogens with zero attached hydrogens (tertiary/aromatic N) is 1. The summed E-state index contributed by atoms with van der Waals surface area (Å²) in [6.07, 6.45) is 0.646. The third-order valence-electron chi connectivity index (χ3n) is 3.23. The van der Waals surface area contributed by atoms with Crippen molar-refractivity contribution >= 4 is 0 Å². The minimum atomic E-state index is 0.323. The quantitative estimate of drug-likeness (QED) is 0.866. The number of hydrogen-bond acceptors (Lipinski definition) is 3. The van der Waals surface area contributed by atoms with Crippen LogP contribution in [0.25, 0.3) is 0 Å². The summed E-state index contributed by atoms with van der Waals surface area (Å²) in [6, 6.07) is 8.42. The van der Waals surface area contributed by atoms with Gasteiger partial charge in [0.25, 0.3) is 0 Å². The van der Waals surface area contributed by atoms with E-state index in [1.165, 1.54) is 11.1 Å². The Bertz CT molecular complexity index is 357. The highest BCUT2D eigenvalue weighted by molar-refractivity contribution is 5.26. The Morgan fingerprint density at radius 1 is 1.18 bits per heavy atom. The zero-order valence-corrected chi connectivity index (χ0v) is 10.7. The van der Waals surface area contributed by atoms with E-state index < -0.39 is 0 Å². The molecule has 0 aromatic heterocycles. The third kappa shape index (κ3) is 3.28. The highest BCUT2D eigenvalue weighted by Crippen LogP contribution is 2.16. The molecule has 2 atom stereocenters. The van der Waals surface area contributed by atoms with E-state index in [2.05, 4.69) is 43.0 Å². The first-order chi connectivity index (χ1) is 8.19. The van der Waals surface area contributed by atoms with E-state index in [4.69, 9.17) is 10.5 Å². The Morgan fingerprint density at radius 3 is 2.35 bits per heavy atom. The van der Waals surface area contributed by atoms with E-state index in [0.717, 1.165) is 19.6 Å². The lowest BCUT2D eigenvalue weighted by molar-refractivity contribution is -0.0705. The summed E-state index contributed by atoms with van der Waals surface area (Å²) in [7, 11) is 0. The summed E-state index contributed by atoms with van der Waals surface area (Å²) in [5.41, 5.74) is 8.36. The highest BCUT2D eigenvalue weighted by Gasteiger charge is 2.22. The second-order valence-electron chi connectivity index (χ2n) is 4.92. The molecule has 1 saturated heterocycles. The molecule has 2 rings (SSSR count). The Labute approximate surface area is 104 Å². The standard InChI is InChI=1S/C14H22N2O/c1-11-8-16(9-12(2)17-11)10-14-6-4-3-5-13(14)7-15/h3-6,11-12H,7-10,15H2,1-2H3/t11-,12+. The number of ether oxygens (including phenoxy) is 1. The smallest absolute Gasteiger partial charge is 0.0678 e. The summed E-state index contributed by atoms with van der Waals surface area (Å²) < 4.78 is 5.74. The molecular weight excluding hydrogens is 212 g/mol. The molecule has 1 aromatic rings. The molecule has 0 bridgehead atoms. The van der Waals surface area contributed by atoms with Crippen molar-refractivity contribution < 1.29 is 4.74 Å². The van der Waals surface area contributed by atoms with Gasteiger partial charge in [0.05, 0.1) is 12.2 Å². The molecule has 2 N–H and O–H groups in total. The van der Waals surface area contributed by atoms with Crippen molar-refractivity contribution in [1.82, 2.24) is 4.90 Å². The topological polar surface area (TPSA) is 38.5 Å². The fourth-order valence-corrected chi connectivity index (χ4v) is 2.57. The second-order valence-corrected chi connectivity index (χ2v) is 4.92. The summed E-state index contributed by atoms with van der Waals surface area (Å²) in [4.78, 5) is 2.45. The molecule has 1 aromatic carbocycles. The molecule has 1 heterocycles. The van der Waals surface area contributed by atoms with Crippen LogP contribution in [0.2, 0.25) is 0 Å². The van der Waals surface area contributed by atoms with Gasteiger partial charge < -0.3 is 10.5 Å². The molecule has 0 spiro atoms. The van der Waals surface area contributed by atoms with Crippen molar-refractivity contribution in [1.29, 1.82) is 0 Å². The fraction of sp³-hybridized carbons (Fsp3) is 0.571. The first-order valence-electron chi connectivity index (χ1n) is 6.33. The summed E-state index contributed by atoms with van der Waals surface area (Å²) in [5, 5.41) is 0. The molecule has 0 amide bonds. The number of nitrogens with two attached hydrogens (primary N) is 1. The molecular formula is C14H22N2O. The van der Waals surface area contributed by atoms with Gasteiger partial charge in [-0.3, -0.25) is 4.90 Å². The molecule has 3 nitrogen and oxygen atoms in total. The molecule has 3 heteroatoms. The van der Waals surface area contributed by atoms with Crippen molar-refractivity contribution in [3.63, 3.8) is 0 Å². The van der Waals surface area contributed by atoms with E-state index in [9.17, 15) is 0 Å². The van der Waals surface area contributed by atoms with Crippen LogP contribution in [0.1, 0.15) is 25.0 Å². The van der Waals surface area contributed by atoms with Crippen LogP contribution in [-0.4, -0.2) is 30.2 Å². The maximum Gasteiger partial charge on any atom is 0.0678 e.